The molecule has 0 atom stereocenters. The minimum absolute atomic E-state index is 0.0194. The highest BCUT2D eigenvalue weighted by Gasteiger charge is 2.13. The third-order valence-electron chi connectivity index (χ3n) is 2.12. The molecular weight excluding hydrogens is 334 g/mol. The number of nitro benzene ring substituents is 1. The van der Waals surface area contributed by atoms with Crippen LogP contribution in [0.3, 0.4) is 0 Å². The van der Waals surface area contributed by atoms with E-state index in [4.69, 9.17) is 15.2 Å². The van der Waals surface area contributed by atoms with E-state index in [1.165, 1.54) is 25.3 Å². The average Bonchev–Trinajstić information content (AvgIpc) is 2.40. The Morgan fingerprint density at radius 1 is 1.30 bits per heavy atom. The molecule has 0 aliphatic heterocycles. The van der Waals surface area contributed by atoms with Gasteiger partial charge in [0.1, 0.15) is 0 Å². The monoisotopic (exact) mass is 341 g/mol. The number of rotatable bonds is 4. The first-order chi connectivity index (χ1) is 9.49. The van der Waals surface area contributed by atoms with Gasteiger partial charge in [0.25, 0.3) is 5.69 Å². The number of methoxy groups -OCH3 is 1. The van der Waals surface area contributed by atoms with Gasteiger partial charge >= 0.3 is 12.0 Å². The van der Waals surface area contributed by atoms with Crippen molar-refractivity contribution in [1.82, 2.24) is 15.0 Å². The van der Waals surface area contributed by atoms with Crippen molar-refractivity contribution in [3.8, 4) is 17.8 Å². The van der Waals surface area contributed by atoms with Crippen molar-refractivity contribution in [1.29, 1.82) is 0 Å². The number of non-ortho nitro benzene ring substituents is 1. The quantitative estimate of drug-likeness (QED) is 0.660. The van der Waals surface area contributed by atoms with Crippen LogP contribution < -0.4 is 15.2 Å². The highest BCUT2D eigenvalue weighted by atomic mass is 79.9. The molecule has 0 aliphatic carbocycles. The number of benzene rings is 1. The highest BCUT2D eigenvalue weighted by molar-refractivity contribution is 9.10. The Kier molecular flexibility index (Phi) is 3.94. The summed E-state index contributed by atoms with van der Waals surface area (Å²) >= 11 is 3.21. The average molecular weight is 342 g/mol. The van der Waals surface area contributed by atoms with E-state index in [2.05, 4.69) is 30.9 Å². The predicted octanol–water partition coefficient (Wildman–Crippen LogP) is 1.93. The number of nitro groups is 1. The fourth-order valence-corrected chi connectivity index (χ4v) is 1.60. The van der Waals surface area contributed by atoms with Gasteiger partial charge in [0.15, 0.2) is 5.75 Å². The Bertz CT molecular complexity index is 666. The number of nitrogens with zero attached hydrogens (tertiary/aromatic N) is 4. The molecule has 10 heteroatoms. The fraction of sp³-hybridized carbons (Fsp3) is 0.100. The first-order valence-electron chi connectivity index (χ1n) is 5.17. The minimum atomic E-state index is -0.540. The summed E-state index contributed by atoms with van der Waals surface area (Å²) < 4.78 is 10.7. The first kappa shape index (κ1) is 13.9. The molecule has 20 heavy (non-hydrogen) atoms. The van der Waals surface area contributed by atoms with Crippen LogP contribution in [0.4, 0.5) is 11.6 Å². The third-order valence-corrected chi connectivity index (χ3v) is 2.78. The van der Waals surface area contributed by atoms with E-state index in [-0.39, 0.29) is 29.4 Å². The second-order valence-electron chi connectivity index (χ2n) is 3.44. The molecule has 0 aliphatic rings. The summed E-state index contributed by atoms with van der Waals surface area (Å²) in [6.07, 6.45) is 0. The molecule has 0 spiro atoms. The lowest BCUT2D eigenvalue weighted by molar-refractivity contribution is -0.384. The van der Waals surface area contributed by atoms with Crippen LogP contribution in [-0.4, -0.2) is 27.0 Å². The molecule has 0 saturated heterocycles. The van der Waals surface area contributed by atoms with E-state index in [0.717, 1.165) is 0 Å². The van der Waals surface area contributed by atoms with Crippen molar-refractivity contribution in [2.24, 2.45) is 0 Å². The first-order valence-corrected chi connectivity index (χ1v) is 5.96. The fourth-order valence-electron chi connectivity index (χ4n) is 1.27. The van der Waals surface area contributed by atoms with E-state index < -0.39 is 4.92 Å². The van der Waals surface area contributed by atoms with Crippen molar-refractivity contribution in [2.75, 3.05) is 12.8 Å². The zero-order valence-corrected chi connectivity index (χ0v) is 11.7. The molecule has 0 amide bonds. The lowest BCUT2D eigenvalue weighted by Gasteiger charge is -2.07. The number of halogens is 1. The van der Waals surface area contributed by atoms with Gasteiger partial charge in [0, 0.05) is 6.07 Å². The van der Waals surface area contributed by atoms with Crippen LogP contribution in [0.1, 0.15) is 0 Å². The SMILES string of the molecule is COc1nc(N)nc(Oc2cc([N+](=O)[O-])ccc2Br)n1. The van der Waals surface area contributed by atoms with Crippen molar-refractivity contribution in [3.63, 3.8) is 0 Å². The number of anilines is 1. The molecule has 0 saturated carbocycles. The summed E-state index contributed by atoms with van der Waals surface area (Å²) in [5, 5.41) is 10.7. The Morgan fingerprint density at radius 3 is 2.65 bits per heavy atom. The zero-order chi connectivity index (χ0) is 14.7. The summed E-state index contributed by atoms with van der Waals surface area (Å²) in [5.74, 6) is 0.0836. The van der Waals surface area contributed by atoms with E-state index in [9.17, 15) is 10.1 Å². The molecule has 0 unspecified atom stereocenters. The maximum atomic E-state index is 10.7. The van der Waals surface area contributed by atoms with Crippen LogP contribution in [0.5, 0.6) is 17.8 Å². The van der Waals surface area contributed by atoms with Gasteiger partial charge in [-0.2, -0.15) is 9.97 Å². The normalized spacial score (nSPS) is 10.1. The summed E-state index contributed by atoms with van der Waals surface area (Å²) in [4.78, 5) is 21.5. The summed E-state index contributed by atoms with van der Waals surface area (Å²) in [6, 6.07) is 3.90. The van der Waals surface area contributed by atoms with Crippen LogP contribution >= 0.6 is 15.9 Å². The van der Waals surface area contributed by atoms with Crippen molar-refractivity contribution in [2.45, 2.75) is 0 Å². The molecule has 1 aromatic carbocycles. The topological polar surface area (TPSA) is 126 Å². The summed E-state index contributed by atoms with van der Waals surface area (Å²) in [5.41, 5.74) is 5.34. The van der Waals surface area contributed by atoms with Gasteiger partial charge in [-0.1, -0.05) is 0 Å². The van der Waals surface area contributed by atoms with Crippen LogP contribution in [0.2, 0.25) is 0 Å². The zero-order valence-electron chi connectivity index (χ0n) is 10.1. The van der Waals surface area contributed by atoms with Gasteiger partial charge < -0.3 is 15.2 Å². The molecule has 104 valence electrons. The number of hydrogen-bond donors (Lipinski definition) is 1. The van der Waals surface area contributed by atoms with Crippen LogP contribution in [0.15, 0.2) is 22.7 Å². The summed E-state index contributed by atoms with van der Waals surface area (Å²) in [7, 11) is 1.36. The molecule has 0 bridgehead atoms. The van der Waals surface area contributed by atoms with Gasteiger partial charge in [-0.3, -0.25) is 10.1 Å². The molecule has 0 radical (unpaired) electrons. The third kappa shape index (κ3) is 3.09. The molecule has 2 rings (SSSR count). The maximum absolute atomic E-state index is 10.7. The minimum Gasteiger partial charge on any atom is -0.467 e. The predicted molar refractivity (Wildman–Crippen MR) is 71.7 cm³/mol. The molecule has 0 fully saturated rings. The molecule has 2 N–H and O–H groups in total. The van der Waals surface area contributed by atoms with E-state index >= 15 is 0 Å². The number of aromatic nitrogens is 3. The van der Waals surface area contributed by atoms with Gasteiger partial charge in [-0.05, 0) is 22.0 Å². The number of hydrogen-bond acceptors (Lipinski definition) is 8. The Morgan fingerprint density at radius 2 is 2.00 bits per heavy atom. The lowest BCUT2D eigenvalue weighted by atomic mass is 10.3. The number of ether oxygens (including phenoxy) is 2. The molecule has 9 nitrogen and oxygen atoms in total. The largest absolute Gasteiger partial charge is 0.467 e. The van der Waals surface area contributed by atoms with Crippen molar-refractivity contribution >= 4 is 27.6 Å². The maximum Gasteiger partial charge on any atom is 0.330 e. The second-order valence-corrected chi connectivity index (χ2v) is 4.29. The van der Waals surface area contributed by atoms with Crippen LogP contribution in [0, 0.1) is 10.1 Å². The Balaban J connectivity index is 2.36. The molecule has 1 heterocycles. The number of nitrogens with two attached hydrogens (primary N) is 1. The van der Waals surface area contributed by atoms with Crippen LogP contribution in [0.25, 0.3) is 0 Å². The Hall–Kier alpha value is -2.49. The molecular formula is C10H8BrN5O4. The molecule has 1 aromatic heterocycles. The van der Waals surface area contributed by atoms with Crippen LogP contribution in [-0.2, 0) is 0 Å². The van der Waals surface area contributed by atoms with Crippen molar-refractivity contribution in [3.05, 3.63) is 32.8 Å². The van der Waals surface area contributed by atoms with Crippen molar-refractivity contribution < 1.29 is 14.4 Å². The highest BCUT2D eigenvalue weighted by Crippen LogP contribution is 2.32. The van der Waals surface area contributed by atoms with Gasteiger partial charge in [0.2, 0.25) is 5.95 Å². The van der Waals surface area contributed by atoms with E-state index in [1.54, 1.807) is 0 Å². The van der Waals surface area contributed by atoms with Gasteiger partial charge in [-0.15, -0.1) is 4.98 Å². The summed E-state index contributed by atoms with van der Waals surface area (Å²) in [6.45, 7) is 0. The molecule has 2 aromatic rings. The smallest absolute Gasteiger partial charge is 0.330 e. The van der Waals surface area contributed by atoms with E-state index in [1.807, 2.05) is 0 Å². The second kappa shape index (κ2) is 5.65. The lowest BCUT2D eigenvalue weighted by Crippen LogP contribution is -2.03. The Labute approximate surface area is 121 Å². The van der Waals surface area contributed by atoms with Gasteiger partial charge in [0.05, 0.1) is 22.6 Å². The number of nitrogen functional groups attached to an aromatic ring is 1. The van der Waals surface area contributed by atoms with Gasteiger partial charge in [-0.25, -0.2) is 0 Å². The standard InChI is InChI=1S/C10H8BrN5O4/c1-19-9-13-8(12)14-10(15-9)20-7-4-5(16(17)18)2-3-6(7)11/h2-4H,1H3,(H2,12,13,14,15). The van der Waals surface area contributed by atoms with E-state index in [0.29, 0.717) is 4.47 Å².